The number of hydrogen-bond acceptors (Lipinski definition) is 7. The van der Waals surface area contributed by atoms with Gasteiger partial charge in [-0.3, -0.25) is 9.59 Å². The second kappa shape index (κ2) is 5.73. The van der Waals surface area contributed by atoms with Crippen molar-refractivity contribution >= 4 is 23.6 Å². The molecule has 0 atom stereocenters. The predicted octanol–water partition coefficient (Wildman–Crippen LogP) is -0.716. The van der Waals surface area contributed by atoms with Crippen molar-refractivity contribution in [2.75, 3.05) is 12.3 Å². The maximum absolute atomic E-state index is 11.5. The van der Waals surface area contributed by atoms with Crippen LogP contribution in [0.3, 0.4) is 0 Å². The maximum Gasteiger partial charge on any atom is 0.306 e. The van der Waals surface area contributed by atoms with Crippen LogP contribution in [0.2, 0.25) is 0 Å². The van der Waals surface area contributed by atoms with E-state index in [0.717, 1.165) is 17.0 Å². The number of ether oxygens (including phenoxy) is 1. The van der Waals surface area contributed by atoms with Gasteiger partial charge in [-0.2, -0.15) is 9.50 Å². The molecule has 112 valence electrons. The standard InChI is InChI=1S/C12H16N6O3/c1-6-8(3-4-10(20)21-5-9(13)19)7(2)18-12(15-6)16-11(14)17-18/h3-5H2,1-2H3,(H2,13,19)(H2,14,17). The van der Waals surface area contributed by atoms with Crippen molar-refractivity contribution in [2.45, 2.75) is 26.7 Å². The lowest BCUT2D eigenvalue weighted by Gasteiger charge is -2.09. The zero-order valence-electron chi connectivity index (χ0n) is 11.8. The summed E-state index contributed by atoms with van der Waals surface area (Å²) in [6.07, 6.45) is 0.532. The van der Waals surface area contributed by atoms with E-state index in [1.54, 1.807) is 0 Å². The van der Waals surface area contributed by atoms with Crippen LogP contribution in [0.4, 0.5) is 5.95 Å². The van der Waals surface area contributed by atoms with Gasteiger partial charge in [-0.05, 0) is 25.8 Å². The first kappa shape index (κ1) is 14.7. The number of amides is 1. The largest absolute Gasteiger partial charge is 0.456 e. The summed E-state index contributed by atoms with van der Waals surface area (Å²) in [5.41, 5.74) is 12.9. The molecule has 0 saturated heterocycles. The summed E-state index contributed by atoms with van der Waals surface area (Å²) in [5.74, 6) is -0.617. The Morgan fingerprint density at radius 2 is 2.00 bits per heavy atom. The summed E-state index contributed by atoms with van der Waals surface area (Å²) >= 11 is 0. The van der Waals surface area contributed by atoms with Gasteiger partial charge in [-0.25, -0.2) is 4.98 Å². The third kappa shape index (κ3) is 3.25. The van der Waals surface area contributed by atoms with Gasteiger partial charge in [-0.1, -0.05) is 0 Å². The molecule has 2 aromatic heterocycles. The van der Waals surface area contributed by atoms with E-state index in [1.807, 2.05) is 13.8 Å². The Hall–Kier alpha value is -2.71. The number of hydrogen-bond donors (Lipinski definition) is 2. The molecule has 0 saturated carbocycles. The summed E-state index contributed by atoms with van der Waals surface area (Å²) in [6, 6.07) is 0. The van der Waals surface area contributed by atoms with Crippen LogP contribution in [0.15, 0.2) is 0 Å². The van der Waals surface area contributed by atoms with E-state index in [4.69, 9.17) is 16.2 Å². The first-order chi connectivity index (χ1) is 9.88. The summed E-state index contributed by atoms with van der Waals surface area (Å²) < 4.78 is 6.24. The number of aromatic nitrogens is 4. The van der Waals surface area contributed by atoms with E-state index >= 15 is 0 Å². The molecule has 2 heterocycles. The highest BCUT2D eigenvalue weighted by atomic mass is 16.5. The van der Waals surface area contributed by atoms with E-state index in [0.29, 0.717) is 12.2 Å². The second-order valence-corrected chi connectivity index (χ2v) is 4.57. The summed E-state index contributed by atoms with van der Waals surface area (Å²) in [6.45, 7) is 3.26. The third-order valence-corrected chi connectivity index (χ3v) is 3.02. The molecule has 0 aliphatic heterocycles. The van der Waals surface area contributed by atoms with E-state index in [2.05, 4.69) is 15.1 Å². The van der Waals surface area contributed by atoms with Crippen LogP contribution in [-0.4, -0.2) is 38.1 Å². The molecule has 0 fully saturated rings. The summed E-state index contributed by atoms with van der Waals surface area (Å²) in [5, 5.41) is 4.04. The normalized spacial score (nSPS) is 10.8. The molecule has 2 rings (SSSR count). The van der Waals surface area contributed by atoms with E-state index in [9.17, 15) is 9.59 Å². The molecule has 9 nitrogen and oxygen atoms in total. The van der Waals surface area contributed by atoms with Crippen molar-refractivity contribution in [2.24, 2.45) is 5.73 Å². The zero-order chi connectivity index (χ0) is 15.6. The fourth-order valence-electron chi connectivity index (χ4n) is 2.04. The predicted molar refractivity (Wildman–Crippen MR) is 73.1 cm³/mol. The average molecular weight is 292 g/mol. The van der Waals surface area contributed by atoms with Gasteiger partial charge >= 0.3 is 5.97 Å². The molecule has 21 heavy (non-hydrogen) atoms. The van der Waals surface area contributed by atoms with Gasteiger partial charge in [0, 0.05) is 17.8 Å². The van der Waals surface area contributed by atoms with Crippen molar-refractivity contribution in [3.8, 4) is 0 Å². The molecular weight excluding hydrogens is 276 g/mol. The first-order valence-corrected chi connectivity index (χ1v) is 6.30. The van der Waals surface area contributed by atoms with E-state index in [-0.39, 0.29) is 12.4 Å². The van der Waals surface area contributed by atoms with Crippen LogP contribution in [-0.2, 0) is 20.7 Å². The monoisotopic (exact) mass is 292 g/mol. The van der Waals surface area contributed by atoms with Gasteiger partial charge in [-0.15, -0.1) is 5.10 Å². The first-order valence-electron chi connectivity index (χ1n) is 6.30. The number of nitrogens with zero attached hydrogens (tertiary/aromatic N) is 4. The van der Waals surface area contributed by atoms with E-state index < -0.39 is 18.5 Å². The van der Waals surface area contributed by atoms with Crippen molar-refractivity contribution in [3.63, 3.8) is 0 Å². The number of fused-ring (bicyclic) bond motifs is 1. The van der Waals surface area contributed by atoms with Crippen LogP contribution in [0.25, 0.3) is 5.78 Å². The number of rotatable bonds is 5. The molecule has 0 aromatic carbocycles. The highest BCUT2D eigenvalue weighted by Gasteiger charge is 2.14. The molecular formula is C12H16N6O3. The van der Waals surface area contributed by atoms with Gasteiger partial charge in [0.2, 0.25) is 5.95 Å². The molecule has 0 spiro atoms. The van der Waals surface area contributed by atoms with Crippen molar-refractivity contribution in [1.29, 1.82) is 0 Å². The van der Waals surface area contributed by atoms with Gasteiger partial charge in [0.25, 0.3) is 11.7 Å². The summed E-state index contributed by atoms with van der Waals surface area (Å²) in [4.78, 5) is 30.3. The molecule has 0 radical (unpaired) electrons. The lowest BCUT2D eigenvalue weighted by atomic mass is 10.1. The van der Waals surface area contributed by atoms with Crippen molar-refractivity contribution < 1.29 is 14.3 Å². The Kier molecular flexibility index (Phi) is 4.01. The number of nitrogens with two attached hydrogens (primary N) is 2. The number of carbonyl (C=O) groups excluding carboxylic acids is 2. The smallest absolute Gasteiger partial charge is 0.306 e. The number of primary amides is 1. The molecule has 9 heteroatoms. The Balaban J connectivity index is 2.14. The molecule has 0 aliphatic rings. The number of esters is 1. The van der Waals surface area contributed by atoms with Gasteiger partial charge < -0.3 is 16.2 Å². The SMILES string of the molecule is Cc1nc2nc(N)nn2c(C)c1CCC(=O)OCC(N)=O. The Morgan fingerprint density at radius 1 is 1.29 bits per heavy atom. The Bertz CT molecular complexity index is 709. The number of aryl methyl sites for hydroxylation is 2. The molecule has 0 unspecified atom stereocenters. The number of nitrogen functional groups attached to an aromatic ring is 1. The molecule has 1 amide bonds. The lowest BCUT2D eigenvalue weighted by molar-refractivity contribution is -0.147. The van der Waals surface area contributed by atoms with Crippen molar-refractivity contribution in [3.05, 3.63) is 17.0 Å². The van der Waals surface area contributed by atoms with Crippen LogP contribution < -0.4 is 11.5 Å². The maximum atomic E-state index is 11.5. The lowest BCUT2D eigenvalue weighted by Crippen LogP contribution is -2.21. The highest BCUT2D eigenvalue weighted by Crippen LogP contribution is 2.16. The van der Waals surface area contributed by atoms with Crippen molar-refractivity contribution in [1.82, 2.24) is 19.6 Å². The van der Waals surface area contributed by atoms with Crippen LogP contribution in [0.1, 0.15) is 23.4 Å². The van der Waals surface area contributed by atoms with Gasteiger partial charge in [0.1, 0.15) is 0 Å². The van der Waals surface area contributed by atoms with Gasteiger partial charge in [0.05, 0.1) is 0 Å². The fourth-order valence-corrected chi connectivity index (χ4v) is 2.04. The Morgan fingerprint density at radius 3 is 2.67 bits per heavy atom. The quantitative estimate of drug-likeness (QED) is 0.693. The number of anilines is 1. The topological polar surface area (TPSA) is 138 Å². The zero-order valence-corrected chi connectivity index (χ0v) is 11.8. The summed E-state index contributed by atoms with van der Waals surface area (Å²) in [7, 11) is 0. The minimum Gasteiger partial charge on any atom is -0.456 e. The minimum atomic E-state index is -0.683. The van der Waals surface area contributed by atoms with Gasteiger partial charge in [0.15, 0.2) is 6.61 Å². The fraction of sp³-hybridized carbons (Fsp3) is 0.417. The molecule has 0 aliphatic carbocycles. The number of carbonyl (C=O) groups is 2. The average Bonchev–Trinajstić information content (AvgIpc) is 2.76. The molecule has 0 bridgehead atoms. The third-order valence-electron chi connectivity index (χ3n) is 3.02. The second-order valence-electron chi connectivity index (χ2n) is 4.57. The van der Waals surface area contributed by atoms with Crippen LogP contribution >= 0.6 is 0 Å². The molecule has 4 N–H and O–H groups in total. The molecule has 2 aromatic rings. The highest BCUT2D eigenvalue weighted by molar-refractivity contribution is 5.79. The van der Waals surface area contributed by atoms with Crippen LogP contribution in [0, 0.1) is 13.8 Å². The Labute approximate surface area is 120 Å². The van der Waals surface area contributed by atoms with E-state index in [1.165, 1.54) is 4.52 Å². The minimum absolute atomic E-state index is 0.117. The van der Waals surface area contributed by atoms with Crippen LogP contribution in [0.5, 0.6) is 0 Å².